The molecule has 0 fully saturated rings. The van der Waals surface area contributed by atoms with Crippen molar-refractivity contribution in [3.8, 4) is 6.07 Å². The fourth-order valence-electron chi connectivity index (χ4n) is 0.538. The van der Waals surface area contributed by atoms with Crippen LogP contribution in [0.3, 0.4) is 0 Å². The van der Waals surface area contributed by atoms with Crippen LogP contribution >= 0.6 is 0 Å². The Kier molecular flexibility index (Phi) is 3.97. The Hall–Kier alpha value is -1.30. The van der Waals surface area contributed by atoms with Crippen LogP contribution < -0.4 is 0 Å². The molecule has 0 amide bonds. The molecule has 0 unspecified atom stereocenters. The highest BCUT2D eigenvalue weighted by Crippen LogP contribution is 2.04. The number of carbonyl (C=O) groups is 1. The molecule has 0 rings (SSSR count). The van der Waals surface area contributed by atoms with Gasteiger partial charge < -0.3 is 4.74 Å². The third-order valence-corrected chi connectivity index (χ3v) is 1.27. The molecule has 0 bridgehead atoms. The predicted octanol–water partition coefficient (Wildman–Crippen LogP) is 1.41. The lowest BCUT2D eigenvalue weighted by atomic mass is 10.2. The second-order valence-corrected chi connectivity index (χ2v) is 2.15. The maximum Gasteiger partial charge on any atom is 0.304 e. The number of ether oxygens (including phenoxy) is 1. The molecule has 0 radical (unpaired) electrons. The number of esters is 1. The van der Waals surface area contributed by atoms with Crippen LogP contribution in [0.5, 0.6) is 0 Å². The molecule has 0 saturated carbocycles. The Morgan fingerprint density at radius 2 is 2.18 bits per heavy atom. The number of nitriles is 1. The average molecular weight is 153 g/mol. The molecule has 0 heterocycles. The van der Waals surface area contributed by atoms with E-state index in [9.17, 15) is 4.79 Å². The standard InChI is InChI=1S/C8H11NO2/c1-4-6(2)8(5-9)11-7(3)10/h4,8H,1-3H3/b6-4+/t8-/m0/s1. The number of hydrogen-bond acceptors (Lipinski definition) is 3. The van der Waals surface area contributed by atoms with Gasteiger partial charge in [0.25, 0.3) is 0 Å². The molecule has 0 aliphatic carbocycles. The summed E-state index contributed by atoms with van der Waals surface area (Å²) in [6, 6.07) is 1.87. The maximum absolute atomic E-state index is 10.4. The summed E-state index contributed by atoms with van der Waals surface area (Å²) in [5.41, 5.74) is 0.753. The summed E-state index contributed by atoms with van der Waals surface area (Å²) in [6.45, 7) is 4.83. The van der Waals surface area contributed by atoms with Gasteiger partial charge in [0.2, 0.25) is 6.10 Å². The average Bonchev–Trinajstić information content (AvgIpc) is 1.98. The Balaban J connectivity index is 4.21. The minimum absolute atomic E-state index is 0.433. The Morgan fingerprint density at radius 3 is 2.45 bits per heavy atom. The van der Waals surface area contributed by atoms with Crippen LogP contribution in [0.25, 0.3) is 0 Å². The fraction of sp³-hybridized carbons (Fsp3) is 0.500. The van der Waals surface area contributed by atoms with E-state index < -0.39 is 12.1 Å². The van der Waals surface area contributed by atoms with Gasteiger partial charge in [-0.05, 0) is 19.4 Å². The Morgan fingerprint density at radius 1 is 1.64 bits per heavy atom. The van der Waals surface area contributed by atoms with Gasteiger partial charge in [-0.25, -0.2) is 0 Å². The van der Waals surface area contributed by atoms with E-state index >= 15 is 0 Å². The molecule has 60 valence electrons. The van der Waals surface area contributed by atoms with Crippen LogP contribution in [0, 0.1) is 11.3 Å². The van der Waals surface area contributed by atoms with Crippen molar-refractivity contribution in [2.75, 3.05) is 0 Å². The summed E-state index contributed by atoms with van der Waals surface area (Å²) in [7, 11) is 0. The Labute approximate surface area is 66.3 Å². The summed E-state index contributed by atoms with van der Waals surface area (Å²) < 4.78 is 4.68. The molecule has 3 heteroatoms. The lowest BCUT2D eigenvalue weighted by Gasteiger charge is -2.08. The quantitative estimate of drug-likeness (QED) is 0.445. The molecule has 0 aromatic rings. The van der Waals surface area contributed by atoms with Crippen molar-refractivity contribution in [2.45, 2.75) is 26.9 Å². The minimum atomic E-state index is -0.725. The second kappa shape index (κ2) is 4.51. The molecule has 1 atom stereocenters. The Bertz CT molecular complexity index is 213. The van der Waals surface area contributed by atoms with Gasteiger partial charge >= 0.3 is 5.97 Å². The molecule has 3 nitrogen and oxygen atoms in total. The summed E-state index contributed by atoms with van der Waals surface area (Å²) in [5, 5.41) is 8.51. The van der Waals surface area contributed by atoms with E-state index in [1.807, 2.05) is 6.07 Å². The zero-order valence-electron chi connectivity index (χ0n) is 6.92. The van der Waals surface area contributed by atoms with E-state index in [1.165, 1.54) is 6.92 Å². The molecule has 0 saturated heterocycles. The van der Waals surface area contributed by atoms with Gasteiger partial charge in [0.15, 0.2) is 0 Å². The SMILES string of the molecule is C/C=C(\C)[C@H](C#N)OC(C)=O. The first-order valence-corrected chi connectivity index (χ1v) is 3.31. The van der Waals surface area contributed by atoms with Crippen molar-refractivity contribution < 1.29 is 9.53 Å². The van der Waals surface area contributed by atoms with Gasteiger partial charge in [-0.3, -0.25) is 4.79 Å². The lowest BCUT2D eigenvalue weighted by molar-refractivity contribution is -0.142. The smallest absolute Gasteiger partial charge is 0.304 e. The largest absolute Gasteiger partial charge is 0.442 e. The molecular weight excluding hydrogens is 142 g/mol. The first kappa shape index (κ1) is 9.70. The first-order chi connectivity index (χ1) is 5.11. The molecule has 0 aromatic heterocycles. The number of hydrogen-bond donors (Lipinski definition) is 0. The molecular formula is C8H11NO2. The number of nitrogens with zero attached hydrogens (tertiary/aromatic N) is 1. The zero-order chi connectivity index (χ0) is 8.85. The van der Waals surface area contributed by atoms with Crippen molar-refractivity contribution in [1.82, 2.24) is 0 Å². The van der Waals surface area contributed by atoms with E-state index in [2.05, 4.69) is 4.74 Å². The van der Waals surface area contributed by atoms with Crippen LogP contribution in [-0.4, -0.2) is 12.1 Å². The molecule has 0 aliphatic rings. The van der Waals surface area contributed by atoms with Crippen LogP contribution in [0.4, 0.5) is 0 Å². The van der Waals surface area contributed by atoms with Gasteiger partial charge in [-0.1, -0.05) is 6.08 Å². The topological polar surface area (TPSA) is 50.1 Å². The highest BCUT2D eigenvalue weighted by molar-refractivity contribution is 5.66. The summed E-state index contributed by atoms with van der Waals surface area (Å²) in [4.78, 5) is 10.4. The molecule has 0 aliphatic heterocycles. The normalized spacial score (nSPS) is 13.5. The van der Waals surface area contributed by atoms with Crippen LogP contribution in [0.1, 0.15) is 20.8 Å². The van der Waals surface area contributed by atoms with Gasteiger partial charge in [0.05, 0.1) is 0 Å². The van der Waals surface area contributed by atoms with Crippen molar-refractivity contribution >= 4 is 5.97 Å². The molecule has 11 heavy (non-hydrogen) atoms. The highest BCUT2D eigenvalue weighted by atomic mass is 16.5. The monoisotopic (exact) mass is 153 g/mol. The zero-order valence-corrected chi connectivity index (χ0v) is 6.92. The van der Waals surface area contributed by atoms with Crippen molar-refractivity contribution in [2.24, 2.45) is 0 Å². The highest BCUT2D eigenvalue weighted by Gasteiger charge is 2.10. The fourth-order valence-corrected chi connectivity index (χ4v) is 0.538. The maximum atomic E-state index is 10.4. The van der Waals surface area contributed by atoms with Crippen molar-refractivity contribution in [3.05, 3.63) is 11.6 Å². The van der Waals surface area contributed by atoms with E-state index in [-0.39, 0.29) is 0 Å². The molecule has 0 spiro atoms. The minimum Gasteiger partial charge on any atom is -0.442 e. The second-order valence-electron chi connectivity index (χ2n) is 2.15. The van der Waals surface area contributed by atoms with Crippen molar-refractivity contribution in [1.29, 1.82) is 5.26 Å². The van der Waals surface area contributed by atoms with Gasteiger partial charge in [0, 0.05) is 6.92 Å². The van der Waals surface area contributed by atoms with Gasteiger partial charge in [-0.15, -0.1) is 0 Å². The third kappa shape index (κ3) is 3.41. The lowest BCUT2D eigenvalue weighted by Crippen LogP contribution is -2.14. The van der Waals surface area contributed by atoms with Gasteiger partial charge in [-0.2, -0.15) is 5.26 Å². The first-order valence-electron chi connectivity index (χ1n) is 3.31. The van der Waals surface area contributed by atoms with Crippen molar-refractivity contribution in [3.63, 3.8) is 0 Å². The summed E-state index contributed by atoms with van der Waals surface area (Å²) >= 11 is 0. The predicted molar refractivity (Wildman–Crippen MR) is 40.6 cm³/mol. The van der Waals surface area contributed by atoms with Crippen LogP contribution in [0.15, 0.2) is 11.6 Å². The number of carbonyl (C=O) groups excluding carboxylic acids is 1. The molecule has 0 N–H and O–H groups in total. The van der Waals surface area contributed by atoms with E-state index in [0.717, 1.165) is 5.57 Å². The third-order valence-electron chi connectivity index (χ3n) is 1.27. The molecule has 0 aromatic carbocycles. The van der Waals surface area contributed by atoms with Gasteiger partial charge in [0.1, 0.15) is 6.07 Å². The number of rotatable bonds is 2. The van der Waals surface area contributed by atoms with Crippen LogP contribution in [-0.2, 0) is 9.53 Å². The van der Waals surface area contributed by atoms with E-state index in [4.69, 9.17) is 5.26 Å². The van der Waals surface area contributed by atoms with E-state index in [0.29, 0.717) is 0 Å². The van der Waals surface area contributed by atoms with Crippen LogP contribution in [0.2, 0.25) is 0 Å². The van der Waals surface area contributed by atoms with E-state index in [1.54, 1.807) is 19.9 Å². The summed E-state index contributed by atoms with van der Waals surface area (Å²) in [5.74, 6) is -0.433. The summed E-state index contributed by atoms with van der Waals surface area (Å²) in [6.07, 6.45) is 1.02. The number of allylic oxidation sites excluding steroid dienone is 1.